The van der Waals surface area contributed by atoms with E-state index in [0.717, 1.165) is 0 Å². The first-order chi connectivity index (χ1) is 4.29. The van der Waals surface area contributed by atoms with Gasteiger partial charge in [0.25, 0.3) is 0 Å². The summed E-state index contributed by atoms with van der Waals surface area (Å²) in [7, 11) is -0.840. The summed E-state index contributed by atoms with van der Waals surface area (Å²) in [4.78, 5) is 0. The number of hydrogen-bond donors (Lipinski definition) is 0. The third-order valence-corrected chi connectivity index (χ3v) is 1.32. The first-order valence-corrected chi connectivity index (χ1v) is 6.89. The number of rotatable bonds is 0. The zero-order valence-corrected chi connectivity index (χ0v) is 8.71. The fourth-order valence-corrected chi connectivity index (χ4v) is 0. The van der Waals surface area contributed by atoms with Gasteiger partial charge in [0, 0.05) is 52.6 Å². The van der Waals surface area contributed by atoms with Crippen LogP contribution in [0.1, 0.15) is 0 Å². The van der Waals surface area contributed by atoms with E-state index in [1.807, 2.05) is 0 Å². The summed E-state index contributed by atoms with van der Waals surface area (Å²) in [6.07, 6.45) is 6.49. The van der Waals surface area contributed by atoms with E-state index in [0.29, 0.717) is 0 Å². The average molecular weight is 185 g/mol. The summed E-state index contributed by atoms with van der Waals surface area (Å²) in [5.74, 6) is 0. The second-order valence-corrected chi connectivity index (χ2v) is 6.32. The molecule has 0 saturated heterocycles. The van der Waals surface area contributed by atoms with Crippen LogP contribution in [0.2, 0.25) is 0 Å². The van der Waals surface area contributed by atoms with Crippen LogP contribution in [0.5, 0.6) is 0 Å². The molecule has 0 aromatic heterocycles. The standard InChI is InChI=1S/C3H9NOS.C2H6OS/c1-4-6(2,3)5;1-4(2)3/h1-3H3;1-2H3. The lowest BCUT2D eigenvalue weighted by atomic mass is 11.6. The molecule has 0 radical (unpaired) electrons. The van der Waals surface area contributed by atoms with Gasteiger partial charge in [-0.05, 0) is 0 Å². The highest BCUT2D eigenvalue weighted by molar-refractivity contribution is 7.92. The van der Waals surface area contributed by atoms with Gasteiger partial charge >= 0.3 is 0 Å². The lowest BCUT2D eigenvalue weighted by molar-refractivity contribution is 0.684. The van der Waals surface area contributed by atoms with Gasteiger partial charge in [0.05, 0.1) is 0 Å². The van der Waals surface area contributed by atoms with Gasteiger partial charge in [-0.3, -0.25) is 8.42 Å². The van der Waals surface area contributed by atoms with Crippen molar-refractivity contribution >= 4 is 20.5 Å². The molecule has 0 aliphatic rings. The predicted octanol–water partition coefficient (Wildman–Crippen LogP) is 0.339. The monoisotopic (exact) mass is 185 g/mol. The van der Waals surface area contributed by atoms with Crippen molar-refractivity contribution in [2.24, 2.45) is 4.36 Å². The van der Waals surface area contributed by atoms with Crippen molar-refractivity contribution in [1.82, 2.24) is 0 Å². The second-order valence-electron chi connectivity index (χ2n) is 2.11. The van der Waals surface area contributed by atoms with Crippen LogP contribution in [-0.4, -0.2) is 40.5 Å². The van der Waals surface area contributed by atoms with E-state index in [1.54, 1.807) is 32.1 Å². The van der Waals surface area contributed by atoms with Crippen molar-refractivity contribution < 1.29 is 8.42 Å². The smallest absolute Gasteiger partial charge is 0.0406 e. The normalized spacial score (nSPS) is 10.2. The Hall–Kier alpha value is 0.1000. The summed E-state index contributed by atoms with van der Waals surface area (Å²) in [5.41, 5.74) is 0. The maximum Gasteiger partial charge on any atom is 0.0406 e. The minimum Gasteiger partial charge on any atom is -0.260 e. The molecule has 0 heterocycles. The Balaban J connectivity index is 0. The lowest BCUT2D eigenvalue weighted by Crippen LogP contribution is -1.87. The van der Waals surface area contributed by atoms with Crippen LogP contribution >= 0.6 is 0 Å². The summed E-state index contributed by atoms with van der Waals surface area (Å²) >= 11 is 0. The Morgan fingerprint density at radius 3 is 1.40 bits per heavy atom. The molecule has 0 rings (SSSR count). The molecule has 0 N–H and O–H groups in total. The van der Waals surface area contributed by atoms with Crippen molar-refractivity contribution in [3.05, 3.63) is 0 Å². The van der Waals surface area contributed by atoms with Crippen molar-refractivity contribution in [3.8, 4) is 0 Å². The van der Waals surface area contributed by atoms with Crippen molar-refractivity contribution in [2.75, 3.05) is 32.1 Å². The summed E-state index contributed by atoms with van der Waals surface area (Å²) in [6.45, 7) is 0. The maximum atomic E-state index is 10.4. The Bertz CT molecular complexity index is 192. The highest BCUT2D eigenvalue weighted by atomic mass is 32.2. The lowest BCUT2D eigenvalue weighted by Gasteiger charge is -1.83. The molecular weight excluding hydrogens is 170 g/mol. The van der Waals surface area contributed by atoms with E-state index in [1.165, 1.54) is 0 Å². The predicted molar refractivity (Wildman–Crippen MR) is 48.3 cm³/mol. The molecule has 3 nitrogen and oxygen atoms in total. The van der Waals surface area contributed by atoms with Gasteiger partial charge in [0.15, 0.2) is 0 Å². The van der Waals surface area contributed by atoms with Gasteiger partial charge in [-0.2, -0.15) is 0 Å². The molecule has 0 spiro atoms. The van der Waals surface area contributed by atoms with Crippen LogP contribution in [0, 0.1) is 0 Å². The highest BCUT2D eigenvalue weighted by Gasteiger charge is 1.78. The minimum absolute atomic E-state index is 0.611. The quantitative estimate of drug-likeness (QED) is 0.546. The van der Waals surface area contributed by atoms with Gasteiger partial charge in [0.1, 0.15) is 0 Å². The fraction of sp³-hybridized carbons (Fsp3) is 1.00. The third-order valence-electron chi connectivity index (χ3n) is 0.440. The summed E-state index contributed by atoms with van der Waals surface area (Å²) in [5, 5.41) is 0. The Labute approximate surface area is 65.9 Å². The maximum absolute atomic E-state index is 10.4. The van der Waals surface area contributed by atoms with Crippen LogP contribution in [-0.2, 0) is 20.5 Å². The summed E-state index contributed by atoms with van der Waals surface area (Å²) < 4.78 is 23.5. The molecule has 5 heteroatoms. The largest absolute Gasteiger partial charge is 0.260 e. The van der Waals surface area contributed by atoms with Gasteiger partial charge in [-0.25, -0.2) is 4.36 Å². The third kappa shape index (κ3) is 42.5. The molecule has 0 saturated carbocycles. The van der Waals surface area contributed by atoms with E-state index >= 15 is 0 Å². The van der Waals surface area contributed by atoms with Crippen LogP contribution in [0.15, 0.2) is 4.36 Å². The van der Waals surface area contributed by atoms with Gasteiger partial charge < -0.3 is 0 Å². The molecule has 0 amide bonds. The van der Waals surface area contributed by atoms with Crippen LogP contribution in [0.25, 0.3) is 0 Å². The molecule has 0 aliphatic heterocycles. The van der Waals surface area contributed by atoms with Crippen molar-refractivity contribution in [3.63, 3.8) is 0 Å². The Morgan fingerprint density at radius 2 is 1.40 bits per heavy atom. The molecule has 0 bridgehead atoms. The Morgan fingerprint density at radius 1 is 1.30 bits per heavy atom. The fourth-order valence-electron chi connectivity index (χ4n) is 0. The van der Waals surface area contributed by atoms with Crippen molar-refractivity contribution in [1.29, 1.82) is 0 Å². The topological polar surface area (TPSA) is 46.5 Å². The van der Waals surface area contributed by atoms with Crippen LogP contribution in [0.4, 0.5) is 0 Å². The average Bonchev–Trinajstić information content (AvgIpc) is 1.63. The van der Waals surface area contributed by atoms with Gasteiger partial charge in [-0.1, -0.05) is 0 Å². The molecule has 0 aliphatic carbocycles. The van der Waals surface area contributed by atoms with Crippen LogP contribution < -0.4 is 0 Å². The highest BCUT2D eigenvalue weighted by Crippen LogP contribution is 1.75. The number of hydrogen-bond acceptors (Lipinski definition) is 3. The molecule has 0 aromatic rings. The molecule has 0 unspecified atom stereocenters. The zero-order valence-electron chi connectivity index (χ0n) is 7.08. The van der Waals surface area contributed by atoms with E-state index < -0.39 is 20.5 Å². The molecule has 0 aromatic carbocycles. The van der Waals surface area contributed by atoms with E-state index in [9.17, 15) is 8.42 Å². The van der Waals surface area contributed by atoms with Gasteiger partial charge in [-0.15, -0.1) is 0 Å². The molecular formula is C5H15NO2S2. The zero-order chi connectivity index (χ0) is 8.78. The first-order valence-electron chi connectivity index (χ1n) is 2.60. The summed E-state index contributed by atoms with van der Waals surface area (Å²) in [6, 6.07) is 0. The van der Waals surface area contributed by atoms with Crippen LogP contribution in [0.3, 0.4) is 0 Å². The molecule has 10 heavy (non-hydrogen) atoms. The molecule has 64 valence electrons. The minimum atomic E-state index is -1.79. The molecule has 0 atom stereocenters. The Kier molecular flexibility index (Phi) is 7.46. The second kappa shape index (κ2) is 5.85. The first kappa shape index (κ1) is 12.7. The number of nitrogens with zero attached hydrogens (tertiary/aromatic N) is 1. The van der Waals surface area contributed by atoms with E-state index in [2.05, 4.69) is 4.36 Å². The van der Waals surface area contributed by atoms with Crippen molar-refractivity contribution in [2.45, 2.75) is 0 Å². The molecule has 0 fully saturated rings. The van der Waals surface area contributed by atoms with E-state index in [4.69, 9.17) is 0 Å². The SMILES string of the molecule is CN=S(C)(C)=O.CS(C)=O. The van der Waals surface area contributed by atoms with Gasteiger partial charge in [0.2, 0.25) is 0 Å². The van der Waals surface area contributed by atoms with E-state index in [-0.39, 0.29) is 0 Å².